The van der Waals surface area contributed by atoms with Gasteiger partial charge in [0.2, 0.25) is 0 Å². The number of alkyl halides is 1. The Morgan fingerprint density at radius 2 is 1.62 bits per heavy atom. The highest BCUT2D eigenvalue weighted by Crippen LogP contribution is 2.08. The van der Waals surface area contributed by atoms with Crippen molar-refractivity contribution in [2.24, 2.45) is 5.92 Å². The maximum absolute atomic E-state index is 5.53. The predicted molar refractivity (Wildman–Crippen MR) is 70.3 cm³/mol. The Kier molecular flexibility index (Phi) is 13.7. The Labute approximate surface area is 108 Å². The van der Waals surface area contributed by atoms with Crippen LogP contribution in [-0.4, -0.2) is 45.5 Å². The largest absolute Gasteiger partial charge is 0.382 e. The lowest BCUT2D eigenvalue weighted by atomic mass is 10.1. The molecule has 4 heteroatoms. The minimum Gasteiger partial charge on any atom is -0.382 e. The van der Waals surface area contributed by atoms with Gasteiger partial charge in [-0.1, -0.05) is 22.9 Å². The van der Waals surface area contributed by atoms with E-state index in [2.05, 4.69) is 22.9 Å². The van der Waals surface area contributed by atoms with Crippen molar-refractivity contribution in [3.63, 3.8) is 0 Å². The molecule has 0 aliphatic heterocycles. The molecule has 0 aliphatic carbocycles. The molecule has 0 aliphatic rings. The zero-order valence-corrected chi connectivity index (χ0v) is 12.1. The molecule has 0 bridgehead atoms. The number of ether oxygens (including phenoxy) is 3. The molecule has 0 radical (unpaired) electrons. The SMILES string of the molecule is COCCOCCCOCCC(C)CCBr. The van der Waals surface area contributed by atoms with Crippen molar-refractivity contribution in [1.29, 1.82) is 0 Å². The van der Waals surface area contributed by atoms with Crippen molar-refractivity contribution >= 4 is 15.9 Å². The standard InChI is InChI=1S/C12H25BrO3/c1-12(4-6-13)5-9-15-7-3-8-16-11-10-14-2/h12H,3-11H2,1-2H3. The fourth-order valence-corrected chi connectivity index (χ4v) is 2.01. The summed E-state index contributed by atoms with van der Waals surface area (Å²) in [6.07, 6.45) is 3.34. The van der Waals surface area contributed by atoms with Crippen molar-refractivity contribution in [1.82, 2.24) is 0 Å². The smallest absolute Gasteiger partial charge is 0.0700 e. The molecule has 16 heavy (non-hydrogen) atoms. The maximum atomic E-state index is 5.53. The van der Waals surface area contributed by atoms with Gasteiger partial charge in [-0.2, -0.15) is 0 Å². The summed E-state index contributed by atoms with van der Waals surface area (Å²) < 4.78 is 15.7. The topological polar surface area (TPSA) is 27.7 Å². The summed E-state index contributed by atoms with van der Waals surface area (Å²) >= 11 is 3.45. The van der Waals surface area contributed by atoms with Crippen molar-refractivity contribution in [2.45, 2.75) is 26.2 Å². The fraction of sp³-hybridized carbons (Fsp3) is 1.00. The Bertz CT molecular complexity index is 133. The van der Waals surface area contributed by atoms with Crippen LogP contribution in [0.15, 0.2) is 0 Å². The monoisotopic (exact) mass is 296 g/mol. The van der Waals surface area contributed by atoms with Crippen LogP contribution in [0.5, 0.6) is 0 Å². The van der Waals surface area contributed by atoms with E-state index in [1.807, 2.05) is 0 Å². The van der Waals surface area contributed by atoms with E-state index in [9.17, 15) is 0 Å². The maximum Gasteiger partial charge on any atom is 0.0700 e. The number of hydrogen-bond donors (Lipinski definition) is 0. The van der Waals surface area contributed by atoms with Gasteiger partial charge in [0.25, 0.3) is 0 Å². The summed E-state index contributed by atoms with van der Waals surface area (Å²) in [5, 5.41) is 1.08. The Morgan fingerprint density at radius 1 is 0.938 bits per heavy atom. The van der Waals surface area contributed by atoms with Gasteiger partial charge < -0.3 is 14.2 Å². The van der Waals surface area contributed by atoms with Crippen LogP contribution in [0.4, 0.5) is 0 Å². The first-order valence-corrected chi connectivity index (χ1v) is 7.13. The quantitative estimate of drug-likeness (QED) is 0.409. The molecule has 0 aromatic carbocycles. The third kappa shape index (κ3) is 12.4. The number of hydrogen-bond acceptors (Lipinski definition) is 3. The molecule has 0 amide bonds. The summed E-state index contributed by atoms with van der Waals surface area (Å²) in [7, 11) is 1.68. The molecule has 0 saturated heterocycles. The molecule has 0 heterocycles. The second kappa shape index (κ2) is 13.4. The van der Waals surface area contributed by atoms with Crippen LogP contribution in [0.3, 0.4) is 0 Å². The lowest BCUT2D eigenvalue weighted by Crippen LogP contribution is -2.07. The highest BCUT2D eigenvalue weighted by atomic mass is 79.9. The second-order valence-electron chi connectivity index (χ2n) is 3.94. The minimum atomic E-state index is 0.672. The number of methoxy groups -OCH3 is 1. The zero-order valence-electron chi connectivity index (χ0n) is 10.5. The summed E-state index contributed by atoms with van der Waals surface area (Å²) in [4.78, 5) is 0. The average molecular weight is 297 g/mol. The number of halogens is 1. The average Bonchev–Trinajstić information content (AvgIpc) is 2.27. The molecule has 0 saturated carbocycles. The van der Waals surface area contributed by atoms with Crippen molar-refractivity contribution < 1.29 is 14.2 Å². The van der Waals surface area contributed by atoms with Crippen LogP contribution in [0, 0.1) is 5.92 Å². The Hall–Kier alpha value is 0.360. The van der Waals surface area contributed by atoms with Crippen LogP contribution >= 0.6 is 15.9 Å². The third-order valence-corrected chi connectivity index (χ3v) is 2.82. The molecule has 0 rings (SSSR count). The highest BCUT2D eigenvalue weighted by molar-refractivity contribution is 9.09. The molecular formula is C12H25BrO3. The van der Waals surface area contributed by atoms with Gasteiger partial charge in [0, 0.05) is 32.3 Å². The van der Waals surface area contributed by atoms with Crippen LogP contribution in [0.2, 0.25) is 0 Å². The molecular weight excluding hydrogens is 272 g/mol. The van der Waals surface area contributed by atoms with Crippen molar-refractivity contribution in [2.75, 3.05) is 45.5 Å². The van der Waals surface area contributed by atoms with E-state index in [1.165, 1.54) is 6.42 Å². The van der Waals surface area contributed by atoms with E-state index in [0.29, 0.717) is 13.2 Å². The Morgan fingerprint density at radius 3 is 2.25 bits per heavy atom. The van der Waals surface area contributed by atoms with Gasteiger partial charge in [0.1, 0.15) is 0 Å². The lowest BCUT2D eigenvalue weighted by Gasteiger charge is -2.09. The molecule has 0 aromatic heterocycles. The van der Waals surface area contributed by atoms with Crippen LogP contribution in [0.1, 0.15) is 26.2 Å². The van der Waals surface area contributed by atoms with E-state index in [4.69, 9.17) is 14.2 Å². The molecule has 0 fully saturated rings. The molecule has 98 valence electrons. The normalized spacial score (nSPS) is 12.9. The molecule has 0 aromatic rings. The van der Waals surface area contributed by atoms with Gasteiger partial charge in [-0.15, -0.1) is 0 Å². The minimum absolute atomic E-state index is 0.672. The van der Waals surface area contributed by atoms with Gasteiger partial charge >= 0.3 is 0 Å². The fourth-order valence-electron chi connectivity index (χ4n) is 1.22. The van der Waals surface area contributed by atoms with E-state index in [1.54, 1.807) is 7.11 Å². The Balaban J connectivity index is 2.98. The highest BCUT2D eigenvalue weighted by Gasteiger charge is 2.00. The van der Waals surface area contributed by atoms with Crippen molar-refractivity contribution in [3.05, 3.63) is 0 Å². The summed E-state index contributed by atoms with van der Waals surface area (Å²) in [5.41, 5.74) is 0. The van der Waals surface area contributed by atoms with Crippen molar-refractivity contribution in [3.8, 4) is 0 Å². The molecule has 1 unspecified atom stereocenters. The van der Waals surface area contributed by atoms with Gasteiger partial charge in [0.05, 0.1) is 13.2 Å². The zero-order chi connectivity index (χ0) is 12.1. The van der Waals surface area contributed by atoms with E-state index >= 15 is 0 Å². The van der Waals surface area contributed by atoms with Gasteiger partial charge in [-0.3, -0.25) is 0 Å². The molecule has 3 nitrogen and oxygen atoms in total. The predicted octanol–water partition coefficient (Wildman–Crippen LogP) is 2.87. The first kappa shape index (κ1) is 16.4. The van der Waals surface area contributed by atoms with Gasteiger partial charge in [0.15, 0.2) is 0 Å². The van der Waals surface area contributed by atoms with E-state index < -0.39 is 0 Å². The van der Waals surface area contributed by atoms with E-state index in [0.717, 1.165) is 43.9 Å². The molecule has 0 N–H and O–H groups in total. The third-order valence-electron chi connectivity index (χ3n) is 2.37. The van der Waals surface area contributed by atoms with Crippen LogP contribution in [0.25, 0.3) is 0 Å². The van der Waals surface area contributed by atoms with Gasteiger partial charge in [-0.25, -0.2) is 0 Å². The first-order chi connectivity index (χ1) is 7.81. The van der Waals surface area contributed by atoms with Crippen LogP contribution in [-0.2, 0) is 14.2 Å². The first-order valence-electron chi connectivity index (χ1n) is 6.01. The lowest BCUT2D eigenvalue weighted by molar-refractivity contribution is 0.0495. The molecule has 1 atom stereocenters. The van der Waals surface area contributed by atoms with E-state index in [-0.39, 0.29) is 0 Å². The second-order valence-corrected chi connectivity index (χ2v) is 4.74. The van der Waals surface area contributed by atoms with Gasteiger partial charge in [-0.05, 0) is 25.2 Å². The summed E-state index contributed by atoms with van der Waals surface area (Å²) in [6, 6.07) is 0. The summed E-state index contributed by atoms with van der Waals surface area (Å²) in [6.45, 7) is 6.04. The molecule has 0 spiro atoms. The number of rotatable bonds is 12. The summed E-state index contributed by atoms with van der Waals surface area (Å²) in [5.74, 6) is 0.748. The van der Waals surface area contributed by atoms with Crippen LogP contribution < -0.4 is 0 Å².